The van der Waals surface area contributed by atoms with Crippen LogP contribution in [0.1, 0.15) is 35.7 Å². The average molecular weight is 262 g/mol. The first-order valence-electron chi connectivity index (χ1n) is 6.73. The highest BCUT2D eigenvalue weighted by atomic mass is 16.3. The van der Waals surface area contributed by atoms with Crippen molar-refractivity contribution in [3.05, 3.63) is 29.3 Å². The number of benzene rings is 1. The Morgan fingerprint density at radius 2 is 2.21 bits per heavy atom. The first kappa shape index (κ1) is 13.9. The number of aryl methyl sites for hydroxylation is 1. The van der Waals surface area contributed by atoms with E-state index in [9.17, 15) is 9.90 Å². The molecule has 104 valence electrons. The predicted molar refractivity (Wildman–Crippen MR) is 76.5 cm³/mol. The van der Waals surface area contributed by atoms with Crippen molar-refractivity contribution in [3.8, 4) is 0 Å². The molecule has 1 fully saturated rings. The van der Waals surface area contributed by atoms with Crippen molar-refractivity contribution in [2.24, 2.45) is 0 Å². The van der Waals surface area contributed by atoms with Crippen LogP contribution in [0.5, 0.6) is 0 Å². The molecule has 0 spiro atoms. The number of carbonyl (C=O) groups excluding carboxylic acids is 1. The van der Waals surface area contributed by atoms with Crippen LogP contribution in [0.4, 0.5) is 5.69 Å². The fraction of sp³-hybridized carbons (Fsp3) is 0.533. The third-order valence-electron chi connectivity index (χ3n) is 3.70. The summed E-state index contributed by atoms with van der Waals surface area (Å²) < 4.78 is 0. The minimum Gasteiger partial charge on any atom is -0.388 e. The number of amides is 1. The topological polar surface area (TPSA) is 52.6 Å². The average Bonchev–Trinajstić information content (AvgIpc) is 2.36. The van der Waals surface area contributed by atoms with E-state index in [0.29, 0.717) is 12.1 Å². The van der Waals surface area contributed by atoms with Gasteiger partial charge in [0.2, 0.25) is 0 Å². The third kappa shape index (κ3) is 3.07. The predicted octanol–water partition coefficient (Wildman–Crippen LogP) is 2.02. The zero-order valence-electron chi connectivity index (χ0n) is 11.9. The summed E-state index contributed by atoms with van der Waals surface area (Å²) in [5, 5.41) is 13.2. The van der Waals surface area contributed by atoms with Crippen LogP contribution in [0.25, 0.3) is 0 Å². The van der Waals surface area contributed by atoms with Gasteiger partial charge in [0.25, 0.3) is 5.91 Å². The van der Waals surface area contributed by atoms with Gasteiger partial charge in [0.05, 0.1) is 5.60 Å². The number of piperidine rings is 1. The molecule has 1 aromatic carbocycles. The van der Waals surface area contributed by atoms with Crippen LogP contribution in [-0.4, -0.2) is 41.7 Å². The Balaban J connectivity index is 2.17. The lowest BCUT2D eigenvalue weighted by molar-refractivity contribution is -0.0107. The molecule has 1 heterocycles. The molecule has 1 aromatic rings. The molecule has 1 amide bonds. The minimum absolute atomic E-state index is 0.00530. The molecule has 4 heteroatoms. The monoisotopic (exact) mass is 262 g/mol. The van der Waals surface area contributed by atoms with Crippen molar-refractivity contribution < 1.29 is 9.90 Å². The molecule has 0 aliphatic carbocycles. The van der Waals surface area contributed by atoms with E-state index in [1.54, 1.807) is 11.8 Å². The van der Waals surface area contributed by atoms with E-state index in [-0.39, 0.29) is 5.91 Å². The van der Waals surface area contributed by atoms with Gasteiger partial charge in [-0.05, 0) is 50.5 Å². The summed E-state index contributed by atoms with van der Waals surface area (Å²) in [6, 6.07) is 5.66. The molecule has 19 heavy (non-hydrogen) atoms. The molecule has 2 rings (SSSR count). The molecular weight excluding hydrogens is 240 g/mol. The summed E-state index contributed by atoms with van der Waals surface area (Å²) in [6.45, 7) is 4.91. The van der Waals surface area contributed by atoms with Gasteiger partial charge >= 0.3 is 0 Å². The Hall–Kier alpha value is -1.55. The Bertz CT molecular complexity index is 483. The quantitative estimate of drug-likeness (QED) is 0.857. The van der Waals surface area contributed by atoms with Crippen LogP contribution in [0, 0.1) is 6.92 Å². The number of rotatable bonds is 2. The molecule has 1 aliphatic heterocycles. The first-order chi connectivity index (χ1) is 8.93. The number of anilines is 1. The number of hydrogen-bond donors (Lipinski definition) is 2. The summed E-state index contributed by atoms with van der Waals surface area (Å²) in [7, 11) is 1.87. The maximum Gasteiger partial charge on any atom is 0.253 e. The summed E-state index contributed by atoms with van der Waals surface area (Å²) in [4.78, 5) is 14.2. The molecule has 1 atom stereocenters. The molecule has 0 radical (unpaired) electrons. The normalized spacial score (nSPS) is 23.3. The maximum absolute atomic E-state index is 12.4. The largest absolute Gasteiger partial charge is 0.388 e. The summed E-state index contributed by atoms with van der Waals surface area (Å²) in [5.41, 5.74) is 2.02. The van der Waals surface area contributed by atoms with E-state index >= 15 is 0 Å². The number of carbonyl (C=O) groups is 1. The maximum atomic E-state index is 12.4. The molecule has 1 saturated heterocycles. The van der Waals surface area contributed by atoms with Crippen LogP contribution in [0.15, 0.2) is 18.2 Å². The van der Waals surface area contributed by atoms with E-state index in [1.165, 1.54) is 0 Å². The van der Waals surface area contributed by atoms with E-state index in [4.69, 9.17) is 0 Å². The first-order valence-corrected chi connectivity index (χ1v) is 6.73. The number of aliphatic hydroxyl groups is 1. The number of hydrogen-bond acceptors (Lipinski definition) is 3. The number of nitrogens with zero attached hydrogens (tertiary/aromatic N) is 1. The van der Waals surface area contributed by atoms with Crippen LogP contribution >= 0.6 is 0 Å². The van der Waals surface area contributed by atoms with Gasteiger partial charge in [-0.25, -0.2) is 0 Å². The van der Waals surface area contributed by atoms with Crippen LogP contribution < -0.4 is 5.32 Å². The fourth-order valence-corrected chi connectivity index (χ4v) is 2.65. The van der Waals surface area contributed by atoms with Gasteiger partial charge in [-0.15, -0.1) is 0 Å². The van der Waals surface area contributed by atoms with Crippen molar-refractivity contribution in [1.82, 2.24) is 4.90 Å². The van der Waals surface area contributed by atoms with Gasteiger partial charge in [0.15, 0.2) is 0 Å². The lowest BCUT2D eigenvalue weighted by atomic mass is 9.94. The van der Waals surface area contributed by atoms with E-state index in [1.807, 2.05) is 32.2 Å². The summed E-state index contributed by atoms with van der Waals surface area (Å²) >= 11 is 0. The van der Waals surface area contributed by atoms with E-state index in [2.05, 4.69) is 5.32 Å². The smallest absolute Gasteiger partial charge is 0.253 e. The molecule has 2 N–H and O–H groups in total. The lowest BCUT2D eigenvalue weighted by Gasteiger charge is -2.36. The van der Waals surface area contributed by atoms with Crippen LogP contribution in [0.2, 0.25) is 0 Å². The van der Waals surface area contributed by atoms with Crippen LogP contribution in [0.3, 0.4) is 0 Å². The second-order valence-electron chi connectivity index (χ2n) is 5.61. The number of likely N-dealkylation sites (tertiary alicyclic amines) is 1. The molecule has 4 nitrogen and oxygen atoms in total. The zero-order chi connectivity index (χ0) is 14.0. The zero-order valence-corrected chi connectivity index (χ0v) is 11.9. The highest BCUT2D eigenvalue weighted by Gasteiger charge is 2.31. The number of β-amino-alcohol motifs (C(OH)–C–C–N with tert-alkyl or cyclic N) is 1. The van der Waals surface area contributed by atoms with Gasteiger partial charge in [-0.3, -0.25) is 4.79 Å². The Kier molecular flexibility index (Phi) is 3.80. The molecule has 0 aromatic heterocycles. The lowest BCUT2D eigenvalue weighted by Crippen LogP contribution is -2.48. The molecule has 1 aliphatic rings. The summed E-state index contributed by atoms with van der Waals surface area (Å²) in [6.07, 6.45) is 1.61. The Morgan fingerprint density at radius 3 is 2.79 bits per heavy atom. The highest BCUT2D eigenvalue weighted by Crippen LogP contribution is 2.23. The van der Waals surface area contributed by atoms with Crippen molar-refractivity contribution in [2.75, 3.05) is 25.5 Å². The second-order valence-corrected chi connectivity index (χ2v) is 5.61. The van der Waals surface area contributed by atoms with Gasteiger partial charge < -0.3 is 15.3 Å². The van der Waals surface area contributed by atoms with Crippen molar-refractivity contribution in [3.63, 3.8) is 0 Å². The standard InChI is InChI=1S/C15H22N2O2/c1-11-9-12(5-6-13(11)16-3)14(18)17-8-4-7-15(2,19)10-17/h5-6,9,16,19H,4,7-8,10H2,1-3H3. The molecule has 0 saturated carbocycles. The Labute approximate surface area is 114 Å². The minimum atomic E-state index is -0.756. The van der Waals surface area contributed by atoms with Gasteiger partial charge in [-0.1, -0.05) is 0 Å². The van der Waals surface area contributed by atoms with E-state index < -0.39 is 5.60 Å². The van der Waals surface area contributed by atoms with Crippen molar-refractivity contribution >= 4 is 11.6 Å². The third-order valence-corrected chi connectivity index (χ3v) is 3.70. The van der Waals surface area contributed by atoms with Crippen LogP contribution in [-0.2, 0) is 0 Å². The molecule has 1 unspecified atom stereocenters. The molecule has 0 bridgehead atoms. The van der Waals surface area contributed by atoms with Gasteiger partial charge in [-0.2, -0.15) is 0 Å². The van der Waals surface area contributed by atoms with Crippen molar-refractivity contribution in [1.29, 1.82) is 0 Å². The van der Waals surface area contributed by atoms with Gasteiger partial charge in [0.1, 0.15) is 0 Å². The number of nitrogens with one attached hydrogen (secondary N) is 1. The molecular formula is C15H22N2O2. The Morgan fingerprint density at radius 1 is 1.47 bits per heavy atom. The van der Waals surface area contributed by atoms with Gasteiger partial charge in [0, 0.05) is 31.4 Å². The summed E-state index contributed by atoms with van der Waals surface area (Å²) in [5.74, 6) is 0.00530. The van der Waals surface area contributed by atoms with E-state index in [0.717, 1.165) is 30.6 Å². The highest BCUT2D eigenvalue weighted by molar-refractivity contribution is 5.95. The second kappa shape index (κ2) is 5.21. The fourth-order valence-electron chi connectivity index (χ4n) is 2.65. The SMILES string of the molecule is CNc1ccc(C(=O)N2CCCC(C)(O)C2)cc1C. The van der Waals surface area contributed by atoms with Crippen molar-refractivity contribution in [2.45, 2.75) is 32.3 Å².